The highest BCUT2D eigenvalue weighted by molar-refractivity contribution is 7.09. The molecular formula is C11H18S. The van der Waals surface area contributed by atoms with Gasteiger partial charge in [0.15, 0.2) is 0 Å². The molecule has 0 aliphatic carbocycles. The highest BCUT2D eigenvalue weighted by atomic mass is 32.1. The molecule has 0 aliphatic heterocycles. The van der Waals surface area contributed by atoms with Crippen molar-refractivity contribution in [1.82, 2.24) is 0 Å². The number of thiophene rings is 1. The fourth-order valence-electron chi connectivity index (χ4n) is 1.04. The van der Waals surface area contributed by atoms with Crippen molar-refractivity contribution in [3.63, 3.8) is 0 Å². The summed E-state index contributed by atoms with van der Waals surface area (Å²) < 4.78 is 0. The van der Waals surface area contributed by atoms with E-state index in [0.29, 0.717) is 5.41 Å². The van der Waals surface area contributed by atoms with E-state index in [-0.39, 0.29) is 0 Å². The monoisotopic (exact) mass is 182 g/mol. The van der Waals surface area contributed by atoms with E-state index in [1.165, 1.54) is 11.3 Å². The van der Waals surface area contributed by atoms with E-state index < -0.39 is 0 Å². The summed E-state index contributed by atoms with van der Waals surface area (Å²) in [5.74, 6) is 0.760. The molecule has 0 amide bonds. The zero-order valence-electron chi connectivity index (χ0n) is 8.42. The summed E-state index contributed by atoms with van der Waals surface area (Å²) in [5, 5.41) is 2.16. The first kappa shape index (κ1) is 9.79. The van der Waals surface area contributed by atoms with Crippen molar-refractivity contribution in [1.29, 1.82) is 0 Å². The Morgan fingerprint density at radius 1 is 1.42 bits per heavy atom. The molecule has 0 saturated heterocycles. The maximum Gasteiger partial charge on any atom is 0.00480 e. The van der Waals surface area contributed by atoms with Crippen LogP contribution in [0.25, 0.3) is 0 Å². The second-order valence-electron chi connectivity index (χ2n) is 4.55. The smallest absolute Gasteiger partial charge is 0.00480 e. The van der Waals surface area contributed by atoms with Crippen molar-refractivity contribution in [2.24, 2.45) is 11.3 Å². The Hall–Kier alpha value is -0.300. The molecule has 1 heteroatoms. The average Bonchev–Trinajstić information content (AvgIpc) is 2.37. The minimum Gasteiger partial charge on any atom is -0.149 e. The van der Waals surface area contributed by atoms with Crippen LogP contribution in [0.1, 0.15) is 32.6 Å². The highest BCUT2D eigenvalue weighted by Crippen LogP contribution is 2.29. The lowest BCUT2D eigenvalue weighted by atomic mass is 9.80. The summed E-state index contributed by atoms with van der Waals surface area (Å²) in [6.45, 7) is 9.27. The molecule has 0 aliphatic rings. The Balaban J connectivity index is 2.53. The Labute approximate surface area is 79.6 Å². The second kappa shape index (κ2) is 3.61. The third-order valence-corrected chi connectivity index (χ3v) is 3.46. The minimum absolute atomic E-state index is 0.435. The molecule has 0 spiro atoms. The molecule has 0 radical (unpaired) electrons. The zero-order chi connectivity index (χ0) is 9.19. The van der Waals surface area contributed by atoms with Crippen molar-refractivity contribution in [3.8, 4) is 0 Å². The molecule has 0 N–H and O–H groups in total. The first-order valence-corrected chi connectivity index (χ1v) is 5.40. The van der Waals surface area contributed by atoms with Crippen molar-refractivity contribution in [2.45, 2.75) is 34.1 Å². The summed E-state index contributed by atoms with van der Waals surface area (Å²) in [4.78, 5) is 1.51. The summed E-state index contributed by atoms with van der Waals surface area (Å²) in [6.07, 6.45) is 1.22. The molecule has 1 aromatic rings. The van der Waals surface area contributed by atoms with E-state index in [1.807, 2.05) is 11.3 Å². The van der Waals surface area contributed by atoms with E-state index in [2.05, 4.69) is 45.2 Å². The molecule has 68 valence electrons. The molecule has 1 aromatic heterocycles. The summed E-state index contributed by atoms with van der Waals surface area (Å²) in [7, 11) is 0. The molecule has 0 aromatic carbocycles. The molecule has 0 saturated carbocycles. The van der Waals surface area contributed by atoms with Crippen LogP contribution < -0.4 is 0 Å². The topological polar surface area (TPSA) is 0 Å². The van der Waals surface area contributed by atoms with Crippen LogP contribution >= 0.6 is 11.3 Å². The van der Waals surface area contributed by atoms with Gasteiger partial charge in [0.2, 0.25) is 0 Å². The molecule has 1 heterocycles. The van der Waals surface area contributed by atoms with Gasteiger partial charge in [0, 0.05) is 4.88 Å². The summed E-state index contributed by atoms with van der Waals surface area (Å²) in [6, 6.07) is 4.36. The molecule has 12 heavy (non-hydrogen) atoms. The summed E-state index contributed by atoms with van der Waals surface area (Å²) >= 11 is 1.87. The van der Waals surface area contributed by atoms with Crippen LogP contribution in [0.15, 0.2) is 17.5 Å². The van der Waals surface area contributed by atoms with E-state index >= 15 is 0 Å². The van der Waals surface area contributed by atoms with Crippen molar-refractivity contribution in [2.75, 3.05) is 0 Å². The lowest BCUT2D eigenvalue weighted by Gasteiger charge is -2.26. The SMILES string of the molecule is CC(Cc1cccs1)C(C)(C)C. The van der Waals surface area contributed by atoms with Gasteiger partial charge >= 0.3 is 0 Å². The van der Waals surface area contributed by atoms with Crippen LogP contribution in [-0.4, -0.2) is 0 Å². The molecule has 0 nitrogen and oxygen atoms in total. The number of hydrogen-bond donors (Lipinski definition) is 0. The lowest BCUT2D eigenvalue weighted by molar-refractivity contribution is 0.261. The average molecular weight is 182 g/mol. The van der Waals surface area contributed by atoms with Gasteiger partial charge in [-0.25, -0.2) is 0 Å². The standard InChI is InChI=1S/C11H18S/c1-9(11(2,3)4)8-10-6-5-7-12-10/h5-7,9H,8H2,1-4H3. The highest BCUT2D eigenvalue weighted by Gasteiger charge is 2.20. The fourth-order valence-corrected chi connectivity index (χ4v) is 1.87. The second-order valence-corrected chi connectivity index (χ2v) is 5.58. The van der Waals surface area contributed by atoms with Crippen molar-refractivity contribution in [3.05, 3.63) is 22.4 Å². The zero-order valence-corrected chi connectivity index (χ0v) is 9.24. The van der Waals surface area contributed by atoms with Crippen LogP contribution in [0.4, 0.5) is 0 Å². The van der Waals surface area contributed by atoms with Crippen LogP contribution in [-0.2, 0) is 6.42 Å². The number of hydrogen-bond acceptors (Lipinski definition) is 1. The predicted octanol–water partition coefficient (Wildman–Crippen LogP) is 3.97. The van der Waals surface area contributed by atoms with E-state index in [9.17, 15) is 0 Å². The maximum absolute atomic E-state index is 2.33. The van der Waals surface area contributed by atoms with E-state index in [0.717, 1.165) is 5.92 Å². The van der Waals surface area contributed by atoms with Crippen LogP contribution in [0, 0.1) is 11.3 Å². The quantitative estimate of drug-likeness (QED) is 0.649. The molecule has 1 unspecified atom stereocenters. The Bertz CT molecular complexity index is 216. The van der Waals surface area contributed by atoms with Gasteiger partial charge in [-0.15, -0.1) is 11.3 Å². The molecule has 1 atom stereocenters. The predicted molar refractivity (Wildman–Crippen MR) is 56.6 cm³/mol. The van der Waals surface area contributed by atoms with Crippen molar-refractivity contribution >= 4 is 11.3 Å². The molecular weight excluding hydrogens is 164 g/mol. The van der Waals surface area contributed by atoms with Gasteiger partial charge in [-0.3, -0.25) is 0 Å². The largest absolute Gasteiger partial charge is 0.149 e. The summed E-state index contributed by atoms with van der Waals surface area (Å²) in [5.41, 5.74) is 0.435. The van der Waals surface area contributed by atoms with Gasteiger partial charge in [-0.1, -0.05) is 33.8 Å². The Morgan fingerprint density at radius 2 is 2.08 bits per heavy atom. The third-order valence-electron chi connectivity index (χ3n) is 2.57. The van der Waals surface area contributed by atoms with E-state index in [1.54, 1.807) is 0 Å². The van der Waals surface area contributed by atoms with Crippen LogP contribution in [0.3, 0.4) is 0 Å². The molecule has 1 rings (SSSR count). The van der Waals surface area contributed by atoms with Gasteiger partial charge in [-0.2, -0.15) is 0 Å². The van der Waals surface area contributed by atoms with Gasteiger partial charge in [0.25, 0.3) is 0 Å². The van der Waals surface area contributed by atoms with Crippen molar-refractivity contribution < 1.29 is 0 Å². The van der Waals surface area contributed by atoms with Gasteiger partial charge in [-0.05, 0) is 29.2 Å². The van der Waals surface area contributed by atoms with Gasteiger partial charge in [0.1, 0.15) is 0 Å². The Morgan fingerprint density at radius 3 is 2.50 bits per heavy atom. The van der Waals surface area contributed by atoms with Crippen LogP contribution in [0.5, 0.6) is 0 Å². The first-order valence-electron chi connectivity index (χ1n) is 4.52. The van der Waals surface area contributed by atoms with Crippen LogP contribution in [0.2, 0.25) is 0 Å². The maximum atomic E-state index is 2.33. The van der Waals surface area contributed by atoms with E-state index in [4.69, 9.17) is 0 Å². The molecule has 0 bridgehead atoms. The molecule has 0 fully saturated rings. The van der Waals surface area contributed by atoms with Gasteiger partial charge < -0.3 is 0 Å². The Kier molecular flexibility index (Phi) is 2.94. The lowest BCUT2D eigenvalue weighted by Crippen LogP contribution is -2.18. The normalized spacial score (nSPS) is 14.7. The first-order chi connectivity index (χ1) is 5.50. The number of rotatable bonds is 2. The third kappa shape index (κ3) is 2.63. The van der Waals surface area contributed by atoms with Gasteiger partial charge in [0.05, 0.1) is 0 Å². The fraction of sp³-hybridized carbons (Fsp3) is 0.636. The minimum atomic E-state index is 0.435.